The molecule has 130 valence electrons. The second-order valence-corrected chi connectivity index (χ2v) is 7.19. The maximum Gasteiger partial charge on any atom is 0.237 e. The van der Waals surface area contributed by atoms with Gasteiger partial charge in [0, 0.05) is 39.1 Å². The molecule has 5 heteroatoms. The summed E-state index contributed by atoms with van der Waals surface area (Å²) >= 11 is 0. The number of carbonyl (C=O) groups excluding carboxylic acids is 2. The summed E-state index contributed by atoms with van der Waals surface area (Å²) in [6.07, 6.45) is 1.63. The van der Waals surface area contributed by atoms with Crippen molar-refractivity contribution >= 4 is 11.8 Å². The number of nitrogens with one attached hydrogen (secondary N) is 1. The smallest absolute Gasteiger partial charge is 0.237 e. The predicted molar refractivity (Wildman–Crippen MR) is 93.1 cm³/mol. The minimum absolute atomic E-state index is 0.0633. The van der Waals surface area contributed by atoms with E-state index in [-0.39, 0.29) is 17.9 Å². The Morgan fingerprint density at radius 3 is 2.75 bits per heavy atom. The van der Waals surface area contributed by atoms with Crippen molar-refractivity contribution in [2.24, 2.45) is 5.92 Å². The van der Waals surface area contributed by atoms with E-state index in [2.05, 4.69) is 23.2 Å². The van der Waals surface area contributed by atoms with E-state index < -0.39 is 0 Å². The maximum atomic E-state index is 12.3. The fourth-order valence-electron chi connectivity index (χ4n) is 3.50. The molecule has 2 saturated heterocycles. The molecule has 1 atom stereocenters. The molecule has 0 spiro atoms. The highest BCUT2D eigenvalue weighted by Crippen LogP contribution is 2.18. The van der Waals surface area contributed by atoms with Crippen LogP contribution in [0.4, 0.5) is 0 Å². The number of rotatable bonds is 6. The molecule has 5 nitrogen and oxygen atoms in total. The van der Waals surface area contributed by atoms with Crippen LogP contribution in [-0.4, -0.2) is 47.3 Å². The molecular formula is C19H27N3O2. The van der Waals surface area contributed by atoms with Crippen molar-refractivity contribution in [2.75, 3.05) is 19.6 Å². The lowest BCUT2D eigenvalue weighted by Crippen LogP contribution is -2.55. The molecule has 3 rings (SSSR count). The van der Waals surface area contributed by atoms with E-state index in [4.69, 9.17) is 0 Å². The summed E-state index contributed by atoms with van der Waals surface area (Å²) in [6, 6.07) is 8.08. The van der Waals surface area contributed by atoms with E-state index >= 15 is 0 Å². The van der Waals surface area contributed by atoms with Crippen LogP contribution in [0.2, 0.25) is 0 Å². The van der Waals surface area contributed by atoms with Crippen molar-refractivity contribution in [1.82, 2.24) is 15.1 Å². The molecule has 0 radical (unpaired) electrons. The van der Waals surface area contributed by atoms with Crippen LogP contribution in [0.1, 0.15) is 37.8 Å². The van der Waals surface area contributed by atoms with Crippen LogP contribution in [0.5, 0.6) is 0 Å². The number of hydrogen-bond donors (Lipinski definition) is 1. The van der Waals surface area contributed by atoms with Crippen molar-refractivity contribution in [1.29, 1.82) is 0 Å². The quantitative estimate of drug-likeness (QED) is 0.865. The number of benzene rings is 1. The predicted octanol–water partition coefficient (Wildman–Crippen LogP) is 1.77. The molecule has 0 saturated carbocycles. The molecule has 1 aromatic rings. The van der Waals surface area contributed by atoms with Crippen LogP contribution in [0.3, 0.4) is 0 Å². The van der Waals surface area contributed by atoms with Gasteiger partial charge in [0.2, 0.25) is 11.8 Å². The van der Waals surface area contributed by atoms with Gasteiger partial charge in [0.05, 0.1) is 6.04 Å². The maximum absolute atomic E-state index is 12.3. The van der Waals surface area contributed by atoms with Gasteiger partial charge in [-0.1, -0.05) is 31.2 Å². The summed E-state index contributed by atoms with van der Waals surface area (Å²) in [5.41, 5.74) is 2.21. The topological polar surface area (TPSA) is 52.7 Å². The lowest BCUT2D eigenvalue weighted by atomic mass is 10.00. The van der Waals surface area contributed by atoms with Crippen LogP contribution in [0.15, 0.2) is 24.3 Å². The molecular weight excluding hydrogens is 302 g/mol. The molecule has 0 unspecified atom stereocenters. The fourth-order valence-corrected chi connectivity index (χ4v) is 3.50. The average molecular weight is 329 g/mol. The van der Waals surface area contributed by atoms with Crippen LogP contribution < -0.4 is 5.32 Å². The van der Waals surface area contributed by atoms with Crippen molar-refractivity contribution < 1.29 is 9.59 Å². The number of nitrogens with zero attached hydrogens (tertiary/aromatic N) is 2. The van der Waals surface area contributed by atoms with Gasteiger partial charge in [-0.15, -0.1) is 0 Å². The van der Waals surface area contributed by atoms with Crippen LogP contribution >= 0.6 is 0 Å². The second kappa shape index (κ2) is 7.34. The molecule has 2 aliphatic heterocycles. The number of amides is 2. The highest BCUT2D eigenvalue weighted by molar-refractivity contribution is 5.81. The van der Waals surface area contributed by atoms with E-state index in [0.717, 1.165) is 37.2 Å². The zero-order chi connectivity index (χ0) is 17.1. The lowest BCUT2D eigenvalue weighted by Gasteiger charge is -2.40. The normalized spacial score (nSPS) is 20.1. The fraction of sp³-hybridized carbons (Fsp3) is 0.579. The first kappa shape index (κ1) is 17.0. The number of hydrogen-bond acceptors (Lipinski definition) is 3. The largest absolute Gasteiger partial charge is 0.351 e. The SMILES string of the molecule is CC1CN([C@@H](C)C(=O)NCc2cccc(CN3CCCC3=O)c2)C1. The summed E-state index contributed by atoms with van der Waals surface area (Å²) in [4.78, 5) is 28.1. The van der Waals surface area contributed by atoms with Gasteiger partial charge >= 0.3 is 0 Å². The third-order valence-corrected chi connectivity index (χ3v) is 5.02. The van der Waals surface area contributed by atoms with Crippen molar-refractivity contribution in [3.8, 4) is 0 Å². The molecule has 2 amide bonds. The van der Waals surface area contributed by atoms with Gasteiger partial charge in [-0.05, 0) is 30.4 Å². The Kier molecular flexibility index (Phi) is 5.19. The Labute approximate surface area is 144 Å². The molecule has 1 aromatic carbocycles. The van der Waals surface area contributed by atoms with Crippen LogP contribution in [0.25, 0.3) is 0 Å². The summed E-state index contributed by atoms with van der Waals surface area (Å²) in [5, 5.41) is 3.03. The minimum atomic E-state index is -0.0633. The molecule has 2 heterocycles. The Morgan fingerprint density at radius 1 is 1.33 bits per heavy atom. The second-order valence-electron chi connectivity index (χ2n) is 7.19. The molecule has 24 heavy (non-hydrogen) atoms. The molecule has 0 aliphatic carbocycles. The van der Waals surface area contributed by atoms with E-state index in [1.807, 2.05) is 30.0 Å². The first-order valence-electron chi connectivity index (χ1n) is 8.90. The Bertz CT molecular complexity index is 610. The summed E-state index contributed by atoms with van der Waals surface area (Å²) in [5.74, 6) is 1.03. The molecule has 1 N–H and O–H groups in total. The lowest BCUT2D eigenvalue weighted by molar-refractivity contribution is -0.129. The molecule has 2 fully saturated rings. The Balaban J connectivity index is 1.51. The van der Waals surface area contributed by atoms with E-state index in [1.165, 1.54) is 0 Å². The van der Waals surface area contributed by atoms with Crippen LogP contribution in [-0.2, 0) is 22.7 Å². The zero-order valence-corrected chi connectivity index (χ0v) is 14.6. The molecule has 0 aromatic heterocycles. The third-order valence-electron chi connectivity index (χ3n) is 5.02. The molecule has 2 aliphatic rings. The van der Waals surface area contributed by atoms with Gasteiger partial charge in [-0.3, -0.25) is 14.5 Å². The highest BCUT2D eigenvalue weighted by atomic mass is 16.2. The number of carbonyl (C=O) groups is 2. The van der Waals surface area contributed by atoms with Gasteiger partial charge < -0.3 is 10.2 Å². The van der Waals surface area contributed by atoms with Crippen LogP contribution in [0, 0.1) is 5.92 Å². The zero-order valence-electron chi connectivity index (χ0n) is 14.6. The van der Waals surface area contributed by atoms with Gasteiger partial charge in [0.25, 0.3) is 0 Å². The van der Waals surface area contributed by atoms with Gasteiger partial charge in [-0.2, -0.15) is 0 Å². The van der Waals surface area contributed by atoms with Gasteiger partial charge in [0.15, 0.2) is 0 Å². The first-order chi connectivity index (χ1) is 11.5. The van der Waals surface area contributed by atoms with Crippen molar-refractivity contribution in [2.45, 2.75) is 45.8 Å². The molecule has 0 bridgehead atoms. The standard InChI is InChI=1S/C19H27N3O2/c1-14-11-22(12-14)15(2)19(24)20-10-16-5-3-6-17(9-16)13-21-8-4-7-18(21)23/h3,5-6,9,14-15H,4,7-8,10-13H2,1-2H3,(H,20,24)/t15-/m0/s1. The Hall–Kier alpha value is -1.88. The Morgan fingerprint density at radius 2 is 2.08 bits per heavy atom. The van der Waals surface area contributed by atoms with E-state index in [9.17, 15) is 9.59 Å². The summed E-state index contributed by atoms with van der Waals surface area (Å²) < 4.78 is 0. The van der Waals surface area contributed by atoms with Crippen molar-refractivity contribution in [3.63, 3.8) is 0 Å². The highest BCUT2D eigenvalue weighted by Gasteiger charge is 2.30. The summed E-state index contributed by atoms with van der Waals surface area (Å²) in [7, 11) is 0. The minimum Gasteiger partial charge on any atom is -0.351 e. The summed E-state index contributed by atoms with van der Waals surface area (Å²) in [6.45, 7) is 8.25. The average Bonchev–Trinajstić information content (AvgIpc) is 2.94. The van der Waals surface area contributed by atoms with E-state index in [1.54, 1.807) is 0 Å². The monoisotopic (exact) mass is 329 g/mol. The van der Waals surface area contributed by atoms with Crippen molar-refractivity contribution in [3.05, 3.63) is 35.4 Å². The third kappa shape index (κ3) is 3.96. The van der Waals surface area contributed by atoms with Gasteiger partial charge in [0.1, 0.15) is 0 Å². The first-order valence-corrected chi connectivity index (χ1v) is 8.90. The van der Waals surface area contributed by atoms with E-state index in [0.29, 0.717) is 25.4 Å². The van der Waals surface area contributed by atoms with Gasteiger partial charge in [-0.25, -0.2) is 0 Å². The number of likely N-dealkylation sites (tertiary alicyclic amines) is 2.